The van der Waals surface area contributed by atoms with Crippen LogP contribution < -0.4 is 10.6 Å². The van der Waals surface area contributed by atoms with Crippen LogP contribution in [-0.4, -0.2) is 67.1 Å². The normalized spacial score (nSPS) is 24.0. The van der Waals surface area contributed by atoms with E-state index >= 15 is 0 Å². The minimum atomic E-state index is -0.212. The number of piperazine rings is 1. The van der Waals surface area contributed by atoms with E-state index in [1.165, 1.54) is 12.1 Å². The van der Waals surface area contributed by atoms with Gasteiger partial charge >= 0.3 is 0 Å². The van der Waals surface area contributed by atoms with Gasteiger partial charge in [-0.2, -0.15) is 0 Å². The maximum atomic E-state index is 13.0. The zero-order valence-electron chi connectivity index (χ0n) is 14.3. The van der Waals surface area contributed by atoms with Crippen LogP contribution in [-0.2, 0) is 4.79 Å². The second-order valence-electron chi connectivity index (χ2n) is 6.86. The van der Waals surface area contributed by atoms with E-state index in [9.17, 15) is 9.18 Å². The number of hydrogen-bond acceptors (Lipinski definition) is 4. The number of nitrogens with zero attached hydrogens (tertiary/aromatic N) is 3. The second-order valence-corrected chi connectivity index (χ2v) is 6.86. The molecule has 0 radical (unpaired) electrons. The number of nitrogens with two attached hydrogens (primary N) is 1. The number of benzene rings is 1. The summed E-state index contributed by atoms with van der Waals surface area (Å²) in [5.74, 6) is -0.0169. The van der Waals surface area contributed by atoms with Gasteiger partial charge in [0.15, 0.2) is 0 Å². The van der Waals surface area contributed by atoms with Crippen molar-refractivity contribution in [2.24, 2.45) is 5.73 Å². The van der Waals surface area contributed by atoms with Gasteiger partial charge in [-0.1, -0.05) is 0 Å². The predicted molar refractivity (Wildman–Crippen MR) is 93.4 cm³/mol. The summed E-state index contributed by atoms with van der Waals surface area (Å²) in [6.45, 7) is 6.88. The molecule has 2 heterocycles. The molecule has 2 N–H and O–H groups in total. The van der Waals surface area contributed by atoms with E-state index < -0.39 is 0 Å². The summed E-state index contributed by atoms with van der Waals surface area (Å²) >= 11 is 0. The molecule has 24 heavy (non-hydrogen) atoms. The number of piperidine rings is 1. The monoisotopic (exact) mass is 334 g/mol. The number of anilines is 1. The molecule has 1 aromatic rings. The third kappa shape index (κ3) is 3.87. The number of amides is 1. The Morgan fingerprint density at radius 1 is 1.17 bits per heavy atom. The van der Waals surface area contributed by atoms with Gasteiger partial charge in [0.2, 0.25) is 5.91 Å². The molecule has 5 nitrogen and oxygen atoms in total. The van der Waals surface area contributed by atoms with Crippen LogP contribution in [0.4, 0.5) is 10.1 Å². The number of likely N-dealkylation sites (tertiary alicyclic amines) is 1. The molecule has 6 heteroatoms. The Hall–Kier alpha value is -1.66. The van der Waals surface area contributed by atoms with Crippen molar-refractivity contribution < 1.29 is 9.18 Å². The van der Waals surface area contributed by atoms with Crippen molar-refractivity contribution in [2.45, 2.75) is 31.8 Å². The van der Waals surface area contributed by atoms with Gasteiger partial charge in [0, 0.05) is 51.0 Å². The van der Waals surface area contributed by atoms with Gasteiger partial charge in [0.1, 0.15) is 5.82 Å². The van der Waals surface area contributed by atoms with Crippen LogP contribution in [0.3, 0.4) is 0 Å². The van der Waals surface area contributed by atoms with E-state index in [2.05, 4.69) is 9.80 Å². The smallest absolute Gasteiger partial charge is 0.239 e. The lowest BCUT2D eigenvalue weighted by Crippen LogP contribution is -2.56. The molecule has 2 unspecified atom stereocenters. The Balaban J connectivity index is 1.53. The van der Waals surface area contributed by atoms with Gasteiger partial charge in [-0.15, -0.1) is 0 Å². The van der Waals surface area contributed by atoms with E-state index in [1.54, 1.807) is 0 Å². The molecule has 2 atom stereocenters. The lowest BCUT2D eigenvalue weighted by Gasteiger charge is -2.41. The van der Waals surface area contributed by atoms with Crippen molar-refractivity contribution in [3.63, 3.8) is 0 Å². The minimum Gasteiger partial charge on any atom is -0.369 e. The summed E-state index contributed by atoms with van der Waals surface area (Å²) in [5.41, 5.74) is 7.03. The summed E-state index contributed by atoms with van der Waals surface area (Å²) in [4.78, 5) is 19.1. The van der Waals surface area contributed by atoms with Crippen molar-refractivity contribution in [1.29, 1.82) is 0 Å². The third-order valence-corrected chi connectivity index (χ3v) is 5.18. The van der Waals surface area contributed by atoms with Crippen molar-refractivity contribution in [1.82, 2.24) is 9.80 Å². The average molecular weight is 334 g/mol. The molecule has 132 valence electrons. The first-order chi connectivity index (χ1) is 11.5. The van der Waals surface area contributed by atoms with Crippen LogP contribution in [0.1, 0.15) is 19.8 Å². The molecule has 0 aliphatic carbocycles. The minimum absolute atomic E-state index is 0.106. The van der Waals surface area contributed by atoms with Gasteiger partial charge in [-0.3, -0.25) is 9.69 Å². The summed E-state index contributed by atoms with van der Waals surface area (Å²) in [6, 6.07) is 6.63. The van der Waals surface area contributed by atoms with E-state index in [0.717, 1.165) is 51.3 Å². The molecule has 3 rings (SSSR count). The number of rotatable bonds is 3. The highest BCUT2D eigenvalue weighted by atomic mass is 19.1. The second kappa shape index (κ2) is 7.49. The molecular weight excluding hydrogens is 307 g/mol. The lowest BCUT2D eigenvalue weighted by molar-refractivity contribution is -0.137. The zero-order chi connectivity index (χ0) is 17.1. The fourth-order valence-electron chi connectivity index (χ4n) is 3.65. The number of halogens is 1. The molecule has 1 amide bonds. The fraction of sp³-hybridized carbons (Fsp3) is 0.611. The molecule has 2 fully saturated rings. The number of carbonyl (C=O) groups excluding carboxylic acids is 1. The van der Waals surface area contributed by atoms with Crippen LogP contribution in [0, 0.1) is 5.82 Å². The Labute approximate surface area is 143 Å². The maximum Gasteiger partial charge on any atom is 0.239 e. The molecule has 2 aliphatic heterocycles. The first-order valence-electron chi connectivity index (χ1n) is 8.83. The quantitative estimate of drug-likeness (QED) is 0.905. The van der Waals surface area contributed by atoms with Crippen molar-refractivity contribution in [3.8, 4) is 0 Å². The van der Waals surface area contributed by atoms with Crippen LogP contribution in [0.15, 0.2) is 24.3 Å². The average Bonchev–Trinajstić information content (AvgIpc) is 2.61. The van der Waals surface area contributed by atoms with E-state index in [-0.39, 0.29) is 23.8 Å². The number of carbonyl (C=O) groups is 1. The standard InChI is InChI=1S/C18H27FN4O/c1-14(18(24)23-8-2-3-16(20)13-23)21-9-11-22(12-10-21)17-6-4-15(19)5-7-17/h4-7,14,16H,2-3,8-13,20H2,1H3. The highest BCUT2D eigenvalue weighted by Crippen LogP contribution is 2.19. The summed E-state index contributed by atoms with van der Waals surface area (Å²) < 4.78 is 13.0. The van der Waals surface area contributed by atoms with Crippen molar-refractivity contribution >= 4 is 11.6 Å². The van der Waals surface area contributed by atoms with Gasteiger partial charge in [0.25, 0.3) is 0 Å². The lowest BCUT2D eigenvalue weighted by atomic mass is 10.1. The molecule has 1 aromatic carbocycles. The number of hydrogen-bond donors (Lipinski definition) is 1. The SMILES string of the molecule is CC(C(=O)N1CCCC(N)C1)N1CCN(c2ccc(F)cc2)CC1. The van der Waals surface area contributed by atoms with Crippen molar-refractivity contribution in [2.75, 3.05) is 44.2 Å². The molecule has 0 aromatic heterocycles. The maximum absolute atomic E-state index is 13.0. The van der Waals surface area contributed by atoms with Gasteiger partial charge in [-0.05, 0) is 44.0 Å². The first-order valence-corrected chi connectivity index (χ1v) is 8.83. The first kappa shape index (κ1) is 17.2. The Bertz CT molecular complexity index is 557. The van der Waals surface area contributed by atoms with Crippen molar-refractivity contribution in [3.05, 3.63) is 30.1 Å². The molecule has 2 saturated heterocycles. The Morgan fingerprint density at radius 2 is 1.83 bits per heavy atom. The molecule has 0 saturated carbocycles. The van der Waals surface area contributed by atoms with Gasteiger partial charge in [-0.25, -0.2) is 4.39 Å². The van der Waals surface area contributed by atoms with E-state index in [4.69, 9.17) is 5.73 Å². The Kier molecular flexibility index (Phi) is 5.36. The fourth-order valence-corrected chi connectivity index (χ4v) is 3.65. The summed E-state index contributed by atoms with van der Waals surface area (Å²) in [7, 11) is 0. The van der Waals surface area contributed by atoms with Crippen LogP contribution in [0.2, 0.25) is 0 Å². The Morgan fingerprint density at radius 3 is 2.46 bits per heavy atom. The van der Waals surface area contributed by atoms with E-state index in [1.807, 2.05) is 24.0 Å². The predicted octanol–water partition coefficient (Wildman–Crippen LogP) is 1.29. The molecular formula is C18H27FN4O. The molecule has 0 spiro atoms. The van der Waals surface area contributed by atoms with Crippen LogP contribution in [0.25, 0.3) is 0 Å². The molecule has 2 aliphatic rings. The highest BCUT2D eigenvalue weighted by Gasteiger charge is 2.30. The third-order valence-electron chi connectivity index (χ3n) is 5.18. The van der Waals surface area contributed by atoms with Crippen LogP contribution in [0.5, 0.6) is 0 Å². The van der Waals surface area contributed by atoms with Gasteiger partial charge < -0.3 is 15.5 Å². The van der Waals surface area contributed by atoms with Gasteiger partial charge in [0.05, 0.1) is 6.04 Å². The summed E-state index contributed by atoms with van der Waals surface area (Å²) in [5, 5.41) is 0. The molecule has 0 bridgehead atoms. The zero-order valence-corrected chi connectivity index (χ0v) is 14.3. The van der Waals surface area contributed by atoms with E-state index in [0.29, 0.717) is 6.54 Å². The summed E-state index contributed by atoms with van der Waals surface area (Å²) in [6.07, 6.45) is 2.01. The largest absolute Gasteiger partial charge is 0.369 e. The highest BCUT2D eigenvalue weighted by molar-refractivity contribution is 5.81. The van der Waals surface area contributed by atoms with Crippen LogP contribution >= 0.6 is 0 Å². The topological polar surface area (TPSA) is 52.8 Å².